The number of amides is 2. The smallest absolute Gasteiger partial charge is 0.255 e. The molecule has 0 unspecified atom stereocenters. The van der Waals surface area contributed by atoms with E-state index in [2.05, 4.69) is 0 Å². The molecular weight excluding hydrogens is 376 g/mol. The van der Waals surface area contributed by atoms with E-state index in [1.54, 1.807) is 29.0 Å². The third-order valence-corrected chi connectivity index (χ3v) is 5.43. The SMILES string of the molecule is COc1ccc([C@H]2N(C(=O)c3ccccc3)CCN2C(=O)c2ccc(C)cc2)cc1. The molecule has 0 aromatic heterocycles. The molecule has 2 amide bonds. The van der Waals surface area contributed by atoms with Gasteiger partial charge in [-0.1, -0.05) is 48.0 Å². The number of aryl methyl sites for hydroxylation is 1. The van der Waals surface area contributed by atoms with Gasteiger partial charge in [0.25, 0.3) is 11.8 Å². The van der Waals surface area contributed by atoms with Gasteiger partial charge in [-0.3, -0.25) is 9.59 Å². The Morgan fingerprint density at radius 2 is 1.30 bits per heavy atom. The Morgan fingerprint density at radius 1 is 0.767 bits per heavy atom. The number of hydrogen-bond acceptors (Lipinski definition) is 3. The highest BCUT2D eigenvalue weighted by molar-refractivity contribution is 5.97. The van der Waals surface area contributed by atoms with Crippen LogP contribution < -0.4 is 4.74 Å². The molecule has 0 bridgehead atoms. The van der Waals surface area contributed by atoms with Crippen molar-refractivity contribution in [1.29, 1.82) is 0 Å². The van der Waals surface area contributed by atoms with Crippen LogP contribution in [-0.2, 0) is 0 Å². The van der Waals surface area contributed by atoms with Crippen molar-refractivity contribution in [3.63, 3.8) is 0 Å². The lowest BCUT2D eigenvalue weighted by Crippen LogP contribution is -2.38. The van der Waals surface area contributed by atoms with E-state index in [-0.39, 0.29) is 11.8 Å². The molecule has 5 heteroatoms. The molecule has 1 heterocycles. The van der Waals surface area contributed by atoms with E-state index in [9.17, 15) is 9.59 Å². The van der Waals surface area contributed by atoms with E-state index < -0.39 is 6.17 Å². The minimum Gasteiger partial charge on any atom is -0.497 e. The minimum atomic E-state index is -0.475. The van der Waals surface area contributed by atoms with Crippen molar-refractivity contribution in [2.24, 2.45) is 0 Å². The van der Waals surface area contributed by atoms with E-state index in [1.165, 1.54) is 0 Å². The fourth-order valence-electron chi connectivity index (χ4n) is 3.80. The first kappa shape index (κ1) is 19.7. The van der Waals surface area contributed by atoms with Gasteiger partial charge in [-0.15, -0.1) is 0 Å². The quantitative estimate of drug-likeness (QED) is 0.656. The molecule has 4 rings (SSSR count). The molecule has 1 saturated heterocycles. The van der Waals surface area contributed by atoms with Crippen molar-refractivity contribution in [3.8, 4) is 5.75 Å². The minimum absolute atomic E-state index is 0.0841. The van der Waals surface area contributed by atoms with E-state index >= 15 is 0 Å². The summed E-state index contributed by atoms with van der Waals surface area (Å²) in [6, 6.07) is 24.3. The van der Waals surface area contributed by atoms with Crippen LogP contribution in [0.5, 0.6) is 5.75 Å². The van der Waals surface area contributed by atoms with Crippen LogP contribution in [-0.4, -0.2) is 41.8 Å². The van der Waals surface area contributed by atoms with Gasteiger partial charge in [0.05, 0.1) is 7.11 Å². The normalized spacial score (nSPS) is 15.9. The standard InChI is InChI=1S/C25H24N2O3/c1-18-8-10-21(11-9-18)25(29)27-17-16-26(24(28)20-6-4-3-5-7-20)23(27)19-12-14-22(30-2)15-13-19/h3-15,23H,16-17H2,1-2H3/t23-/m0/s1. The summed E-state index contributed by atoms with van der Waals surface area (Å²) in [6.45, 7) is 2.94. The molecule has 3 aromatic carbocycles. The predicted octanol–water partition coefficient (Wildman–Crippen LogP) is 4.30. The van der Waals surface area contributed by atoms with Crippen molar-refractivity contribution in [1.82, 2.24) is 9.80 Å². The molecule has 0 aliphatic carbocycles. The lowest BCUT2D eigenvalue weighted by molar-refractivity contribution is 0.0544. The third-order valence-electron chi connectivity index (χ3n) is 5.43. The second kappa shape index (κ2) is 8.41. The highest BCUT2D eigenvalue weighted by Crippen LogP contribution is 2.33. The maximum Gasteiger partial charge on any atom is 0.255 e. The third kappa shape index (κ3) is 3.79. The Kier molecular flexibility index (Phi) is 5.53. The zero-order chi connectivity index (χ0) is 21.1. The number of ether oxygens (including phenoxy) is 1. The number of nitrogens with zero attached hydrogens (tertiary/aromatic N) is 2. The van der Waals surface area contributed by atoms with Crippen LogP contribution in [0.2, 0.25) is 0 Å². The first-order chi connectivity index (χ1) is 14.6. The number of hydrogen-bond donors (Lipinski definition) is 0. The molecule has 1 aliphatic rings. The van der Waals surface area contributed by atoms with E-state index in [4.69, 9.17) is 4.74 Å². The van der Waals surface area contributed by atoms with Gasteiger partial charge in [0.15, 0.2) is 0 Å². The fourth-order valence-corrected chi connectivity index (χ4v) is 3.80. The van der Waals surface area contributed by atoms with E-state index in [1.807, 2.05) is 73.7 Å². The van der Waals surface area contributed by atoms with Gasteiger partial charge in [0.2, 0.25) is 0 Å². The molecule has 1 fully saturated rings. The fraction of sp³-hybridized carbons (Fsp3) is 0.200. The van der Waals surface area contributed by atoms with Crippen LogP contribution in [0.15, 0.2) is 78.9 Å². The predicted molar refractivity (Wildman–Crippen MR) is 115 cm³/mol. The monoisotopic (exact) mass is 400 g/mol. The molecule has 0 N–H and O–H groups in total. The van der Waals surface area contributed by atoms with Gasteiger partial charge < -0.3 is 14.5 Å². The molecule has 0 saturated carbocycles. The second-order valence-corrected chi connectivity index (χ2v) is 7.38. The summed E-state index contributed by atoms with van der Waals surface area (Å²) in [7, 11) is 1.61. The highest BCUT2D eigenvalue weighted by atomic mass is 16.5. The van der Waals surface area contributed by atoms with Crippen molar-refractivity contribution < 1.29 is 14.3 Å². The van der Waals surface area contributed by atoms with Crippen molar-refractivity contribution in [2.75, 3.05) is 20.2 Å². The summed E-state index contributed by atoms with van der Waals surface area (Å²) < 4.78 is 5.27. The Balaban J connectivity index is 1.71. The van der Waals surface area contributed by atoms with Crippen LogP contribution in [0, 0.1) is 6.92 Å². The first-order valence-corrected chi connectivity index (χ1v) is 9.96. The summed E-state index contributed by atoms with van der Waals surface area (Å²) >= 11 is 0. The topological polar surface area (TPSA) is 49.9 Å². The molecule has 1 atom stereocenters. The van der Waals surface area contributed by atoms with Crippen LogP contribution in [0.1, 0.15) is 38.0 Å². The average Bonchev–Trinajstić information content (AvgIpc) is 3.24. The summed E-state index contributed by atoms with van der Waals surface area (Å²) in [4.78, 5) is 30.1. The molecule has 30 heavy (non-hydrogen) atoms. The molecule has 5 nitrogen and oxygen atoms in total. The zero-order valence-corrected chi connectivity index (χ0v) is 17.1. The van der Waals surface area contributed by atoms with Gasteiger partial charge in [0.1, 0.15) is 11.9 Å². The van der Waals surface area contributed by atoms with E-state index in [0.29, 0.717) is 24.2 Å². The first-order valence-electron chi connectivity index (χ1n) is 9.96. The van der Waals surface area contributed by atoms with Gasteiger partial charge in [-0.05, 0) is 48.9 Å². The lowest BCUT2D eigenvalue weighted by atomic mass is 10.1. The highest BCUT2D eigenvalue weighted by Gasteiger charge is 2.39. The van der Waals surface area contributed by atoms with Crippen LogP contribution in [0.4, 0.5) is 0 Å². The van der Waals surface area contributed by atoms with Crippen molar-refractivity contribution in [3.05, 3.63) is 101 Å². The largest absolute Gasteiger partial charge is 0.497 e. The van der Waals surface area contributed by atoms with Gasteiger partial charge >= 0.3 is 0 Å². The van der Waals surface area contributed by atoms with Crippen molar-refractivity contribution in [2.45, 2.75) is 13.1 Å². The average molecular weight is 400 g/mol. The Bertz CT molecular complexity index is 1030. The van der Waals surface area contributed by atoms with Crippen LogP contribution in [0.3, 0.4) is 0 Å². The van der Waals surface area contributed by atoms with E-state index in [0.717, 1.165) is 16.9 Å². The number of carbonyl (C=O) groups is 2. The molecule has 1 aliphatic heterocycles. The number of rotatable bonds is 4. The maximum atomic E-state index is 13.3. The zero-order valence-electron chi connectivity index (χ0n) is 17.1. The Labute approximate surface area is 176 Å². The lowest BCUT2D eigenvalue weighted by Gasteiger charge is -2.31. The van der Waals surface area contributed by atoms with Gasteiger partial charge in [-0.2, -0.15) is 0 Å². The molecular formula is C25H24N2O3. The summed E-state index contributed by atoms with van der Waals surface area (Å²) in [5.41, 5.74) is 3.20. The summed E-state index contributed by atoms with van der Waals surface area (Å²) in [5, 5.41) is 0. The summed E-state index contributed by atoms with van der Waals surface area (Å²) in [5.74, 6) is 0.559. The van der Waals surface area contributed by atoms with Gasteiger partial charge in [0, 0.05) is 24.2 Å². The van der Waals surface area contributed by atoms with Crippen LogP contribution in [0.25, 0.3) is 0 Å². The summed E-state index contributed by atoms with van der Waals surface area (Å²) in [6.07, 6.45) is -0.475. The van der Waals surface area contributed by atoms with Gasteiger partial charge in [-0.25, -0.2) is 0 Å². The molecule has 0 spiro atoms. The number of benzene rings is 3. The Morgan fingerprint density at radius 3 is 1.83 bits per heavy atom. The Hall–Kier alpha value is -3.60. The molecule has 0 radical (unpaired) electrons. The maximum absolute atomic E-state index is 13.3. The van der Waals surface area contributed by atoms with Crippen LogP contribution >= 0.6 is 0 Å². The van der Waals surface area contributed by atoms with Crippen molar-refractivity contribution >= 4 is 11.8 Å². The number of carbonyl (C=O) groups excluding carboxylic acids is 2. The molecule has 152 valence electrons. The number of methoxy groups -OCH3 is 1. The molecule has 3 aromatic rings. The second-order valence-electron chi connectivity index (χ2n) is 7.38.